The third-order valence-corrected chi connectivity index (χ3v) is 2.48. The van der Waals surface area contributed by atoms with Crippen LogP contribution in [-0.2, 0) is 0 Å². The van der Waals surface area contributed by atoms with Crippen LogP contribution in [0.1, 0.15) is 10.5 Å². The summed E-state index contributed by atoms with van der Waals surface area (Å²) in [5, 5.41) is 0. The molecule has 0 aromatic heterocycles. The van der Waals surface area contributed by atoms with E-state index in [4.69, 9.17) is 10.5 Å². The second kappa shape index (κ2) is 4.25. The predicted octanol–water partition coefficient (Wildman–Crippen LogP) is 2.81. The summed E-state index contributed by atoms with van der Waals surface area (Å²) in [7, 11) is 1.63. The number of hydrogen-bond acceptors (Lipinski definition) is 2. The molecular weight excluding hydrogens is 286 g/mol. The Bertz CT molecular complexity index is 276. The fourth-order valence-electron chi connectivity index (χ4n) is 0.921. The standard InChI is InChI=1S/C8H9Br2NO/c1-12-7-3-2-5(9)4-6(7)8(10)11/h2-4,8H,11H2,1H3. The van der Waals surface area contributed by atoms with Gasteiger partial charge in [0.2, 0.25) is 0 Å². The zero-order valence-corrected chi connectivity index (χ0v) is 9.72. The van der Waals surface area contributed by atoms with Gasteiger partial charge in [-0.15, -0.1) is 0 Å². The number of ether oxygens (including phenoxy) is 1. The molecule has 2 N–H and O–H groups in total. The number of rotatable bonds is 2. The number of hydrogen-bond donors (Lipinski definition) is 1. The Labute approximate surface area is 88.3 Å². The van der Waals surface area contributed by atoms with E-state index in [0.29, 0.717) is 0 Å². The average molecular weight is 295 g/mol. The van der Waals surface area contributed by atoms with Crippen LogP contribution in [0.25, 0.3) is 0 Å². The van der Waals surface area contributed by atoms with Gasteiger partial charge in [-0.2, -0.15) is 0 Å². The van der Waals surface area contributed by atoms with Crippen molar-refractivity contribution < 1.29 is 4.74 Å². The van der Waals surface area contributed by atoms with Crippen LogP contribution in [0.15, 0.2) is 22.7 Å². The minimum absolute atomic E-state index is 0.190. The van der Waals surface area contributed by atoms with Crippen molar-refractivity contribution in [3.8, 4) is 5.75 Å². The van der Waals surface area contributed by atoms with E-state index < -0.39 is 0 Å². The highest BCUT2D eigenvalue weighted by atomic mass is 79.9. The Morgan fingerprint density at radius 3 is 2.67 bits per heavy atom. The molecule has 2 nitrogen and oxygen atoms in total. The zero-order chi connectivity index (χ0) is 9.14. The summed E-state index contributed by atoms with van der Waals surface area (Å²) in [6.07, 6.45) is 0. The van der Waals surface area contributed by atoms with E-state index in [1.165, 1.54) is 0 Å². The van der Waals surface area contributed by atoms with Gasteiger partial charge in [0.05, 0.1) is 12.1 Å². The third-order valence-electron chi connectivity index (χ3n) is 1.49. The monoisotopic (exact) mass is 293 g/mol. The lowest BCUT2D eigenvalue weighted by Gasteiger charge is -2.10. The molecule has 0 amide bonds. The molecule has 0 aliphatic heterocycles. The first-order valence-electron chi connectivity index (χ1n) is 3.38. The summed E-state index contributed by atoms with van der Waals surface area (Å²) >= 11 is 6.65. The lowest BCUT2D eigenvalue weighted by Crippen LogP contribution is -2.03. The average Bonchev–Trinajstić information content (AvgIpc) is 2.04. The van der Waals surface area contributed by atoms with Crippen LogP contribution in [0.4, 0.5) is 0 Å². The molecule has 1 aromatic rings. The van der Waals surface area contributed by atoms with Crippen molar-refractivity contribution in [2.24, 2.45) is 5.73 Å². The molecule has 0 aliphatic carbocycles. The van der Waals surface area contributed by atoms with Gasteiger partial charge in [0, 0.05) is 10.0 Å². The van der Waals surface area contributed by atoms with Gasteiger partial charge in [0.1, 0.15) is 5.75 Å². The molecule has 0 fully saturated rings. The van der Waals surface area contributed by atoms with E-state index in [2.05, 4.69) is 31.9 Å². The third kappa shape index (κ3) is 2.21. The molecule has 0 heterocycles. The number of halogens is 2. The van der Waals surface area contributed by atoms with Crippen LogP contribution in [-0.4, -0.2) is 7.11 Å². The summed E-state index contributed by atoms with van der Waals surface area (Å²) in [6.45, 7) is 0. The van der Waals surface area contributed by atoms with Crippen LogP contribution < -0.4 is 10.5 Å². The van der Waals surface area contributed by atoms with Crippen molar-refractivity contribution >= 4 is 31.9 Å². The summed E-state index contributed by atoms with van der Waals surface area (Å²) in [4.78, 5) is -0.190. The fourth-order valence-corrected chi connectivity index (χ4v) is 1.66. The van der Waals surface area contributed by atoms with Crippen molar-refractivity contribution in [3.63, 3.8) is 0 Å². The molecule has 1 rings (SSSR count). The van der Waals surface area contributed by atoms with Gasteiger partial charge in [-0.25, -0.2) is 0 Å². The maximum Gasteiger partial charge on any atom is 0.124 e. The van der Waals surface area contributed by atoms with Crippen LogP contribution in [0, 0.1) is 0 Å². The van der Waals surface area contributed by atoms with Gasteiger partial charge in [-0.05, 0) is 18.2 Å². The molecule has 0 radical (unpaired) electrons. The number of alkyl halides is 1. The summed E-state index contributed by atoms with van der Waals surface area (Å²) < 4.78 is 6.12. The van der Waals surface area contributed by atoms with Crippen LogP contribution in [0.2, 0.25) is 0 Å². The van der Waals surface area contributed by atoms with E-state index in [0.717, 1.165) is 15.8 Å². The first-order valence-corrected chi connectivity index (χ1v) is 5.09. The molecule has 1 unspecified atom stereocenters. The van der Waals surface area contributed by atoms with Crippen LogP contribution in [0.5, 0.6) is 5.75 Å². The van der Waals surface area contributed by atoms with Crippen molar-refractivity contribution in [1.82, 2.24) is 0 Å². The van der Waals surface area contributed by atoms with E-state index in [9.17, 15) is 0 Å². The molecular formula is C8H9Br2NO. The van der Waals surface area contributed by atoms with E-state index in [-0.39, 0.29) is 4.95 Å². The minimum Gasteiger partial charge on any atom is -0.496 e. The summed E-state index contributed by atoms with van der Waals surface area (Å²) in [5.41, 5.74) is 6.61. The Morgan fingerprint density at radius 1 is 1.50 bits per heavy atom. The maximum atomic E-state index is 5.67. The minimum atomic E-state index is -0.190. The lowest BCUT2D eigenvalue weighted by atomic mass is 10.2. The topological polar surface area (TPSA) is 35.2 Å². The second-order valence-electron chi connectivity index (χ2n) is 2.29. The van der Waals surface area contributed by atoms with Crippen LogP contribution >= 0.6 is 31.9 Å². The van der Waals surface area contributed by atoms with Crippen molar-refractivity contribution in [1.29, 1.82) is 0 Å². The first kappa shape index (κ1) is 10.0. The number of nitrogens with two attached hydrogens (primary N) is 1. The summed E-state index contributed by atoms with van der Waals surface area (Å²) in [6, 6.07) is 5.72. The number of benzene rings is 1. The van der Waals surface area contributed by atoms with Gasteiger partial charge in [-0.1, -0.05) is 31.9 Å². The molecule has 66 valence electrons. The van der Waals surface area contributed by atoms with Gasteiger partial charge in [0.15, 0.2) is 0 Å². The molecule has 0 bridgehead atoms. The molecule has 0 saturated carbocycles. The van der Waals surface area contributed by atoms with Crippen molar-refractivity contribution in [2.45, 2.75) is 4.95 Å². The van der Waals surface area contributed by atoms with Crippen LogP contribution in [0.3, 0.4) is 0 Å². The van der Waals surface area contributed by atoms with Gasteiger partial charge in [-0.3, -0.25) is 0 Å². The highest BCUT2D eigenvalue weighted by Crippen LogP contribution is 2.29. The molecule has 0 spiro atoms. The van der Waals surface area contributed by atoms with E-state index >= 15 is 0 Å². The molecule has 12 heavy (non-hydrogen) atoms. The molecule has 0 aliphatic rings. The smallest absolute Gasteiger partial charge is 0.124 e. The quantitative estimate of drug-likeness (QED) is 0.672. The van der Waals surface area contributed by atoms with Crippen molar-refractivity contribution in [2.75, 3.05) is 7.11 Å². The normalized spacial score (nSPS) is 12.7. The van der Waals surface area contributed by atoms with Gasteiger partial charge < -0.3 is 10.5 Å². The SMILES string of the molecule is COc1ccc(Br)cc1C(N)Br. The molecule has 1 atom stereocenters. The Kier molecular flexibility index (Phi) is 3.55. The number of methoxy groups -OCH3 is 1. The Morgan fingerprint density at radius 2 is 2.17 bits per heavy atom. The van der Waals surface area contributed by atoms with Crippen molar-refractivity contribution in [3.05, 3.63) is 28.2 Å². The Hall–Kier alpha value is -0.0600. The van der Waals surface area contributed by atoms with E-state index in [1.807, 2.05) is 18.2 Å². The predicted molar refractivity (Wildman–Crippen MR) is 56.5 cm³/mol. The maximum absolute atomic E-state index is 5.67. The Balaban J connectivity index is 3.12. The molecule has 4 heteroatoms. The second-order valence-corrected chi connectivity index (χ2v) is 4.19. The van der Waals surface area contributed by atoms with Gasteiger partial charge in [0.25, 0.3) is 0 Å². The first-order chi connectivity index (χ1) is 5.65. The zero-order valence-electron chi connectivity index (χ0n) is 6.55. The molecule has 0 saturated heterocycles. The highest BCUT2D eigenvalue weighted by molar-refractivity contribution is 9.10. The largest absolute Gasteiger partial charge is 0.496 e. The molecule has 1 aromatic carbocycles. The highest BCUT2D eigenvalue weighted by Gasteiger charge is 2.08. The lowest BCUT2D eigenvalue weighted by molar-refractivity contribution is 0.409. The van der Waals surface area contributed by atoms with E-state index in [1.54, 1.807) is 7.11 Å². The fraction of sp³-hybridized carbons (Fsp3) is 0.250. The van der Waals surface area contributed by atoms with Gasteiger partial charge >= 0.3 is 0 Å². The summed E-state index contributed by atoms with van der Waals surface area (Å²) in [5.74, 6) is 0.794.